The number of pyridine rings is 1. The van der Waals surface area contributed by atoms with Crippen LogP contribution in [0.4, 0.5) is 5.69 Å². The molecular formula is C12H18N2O3. The number of anilines is 1. The van der Waals surface area contributed by atoms with E-state index in [1.54, 1.807) is 19.4 Å². The SMILES string of the molecule is CCCC(COC)Nc1ccncc1C(=O)O. The van der Waals surface area contributed by atoms with Gasteiger partial charge in [-0.05, 0) is 12.5 Å². The molecule has 1 unspecified atom stereocenters. The third-order valence-electron chi connectivity index (χ3n) is 2.42. The third kappa shape index (κ3) is 4.03. The lowest BCUT2D eigenvalue weighted by molar-refractivity contribution is 0.0697. The molecule has 1 aromatic rings. The van der Waals surface area contributed by atoms with Gasteiger partial charge in [-0.2, -0.15) is 0 Å². The van der Waals surface area contributed by atoms with Gasteiger partial charge in [-0.1, -0.05) is 13.3 Å². The average Bonchev–Trinajstić information content (AvgIpc) is 2.30. The van der Waals surface area contributed by atoms with Crippen molar-refractivity contribution < 1.29 is 14.6 Å². The summed E-state index contributed by atoms with van der Waals surface area (Å²) in [6.45, 7) is 2.63. The maximum atomic E-state index is 11.0. The van der Waals surface area contributed by atoms with Crippen LogP contribution in [0.15, 0.2) is 18.5 Å². The van der Waals surface area contributed by atoms with Crippen molar-refractivity contribution in [2.45, 2.75) is 25.8 Å². The highest BCUT2D eigenvalue weighted by Gasteiger charge is 2.13. The number of ether oxygens (including phenoxy) is 1. The van der Waals surface area contributed by atoms with Crippen molar-refractivity contribution in [3.05, 3.63) is 24.0 Å². The highest BCUT2D eigenvalue weighted by molar-refractivity contribution is 5.93. The van der Waals surface area contributed by atoms with Gasteiger partial charge in [0.15, 0.2) is 0 Å². The summed E-state index contributed by atoms with van der Waals surface area (Å²) in [6, 6.07) is 1.78. The van der Waals surface area contributed by atoms with Crippen molar-refractivity contribution >= 4 is 11.7 Å². The Balaban J connectivity index is 2.80. The average molecular weight is 238 g/mol. The lowest BCUT2D eigenvalue weighted by Crippen LogP contribution is -2.25. The maximum absolute atomic E-state index is 11.0. The number of carboxylic acids is 1. The zero-order valence-electron chi connectivity index (χ0n) is 10.1. The van der Waals surface area contributed by atoms with Crippen LogP contribution >= 0.6 is 0 Å². The molecule has 0 aromatic carbocycles. The molecule has 0 aliphatic heterocycles. The minimum Gasteiger partial charge on any atom is -0.478 e. The number of hydrogen-bond acceptors (Lipinski definition) is 4. The van der Waals surface area contributed by atoms with Crippen LogP contribution in [0.5, 0.6) is 0 Å². The lowest BCUT2D eigenvalue weighted by Gasteiger charge is -2.19. The predicted octanol–water partition coefficient (Wildman–Crippen LogP) is 2.01. The fraction of sp³-hybridized carbons (Fsp3) is 0.500. The minimum atomic E-state index is -0.978. The standard InChI is InChI=1S/C12H18N2O3/c1-3-4-9(8-17-2)14-11-5-6-13-7-10(11)12(15)16/h5-7,9H,3-4,8H2,1-2H3,(H,13,14)(H,15,16). The number of hydrogen-bond donors (Lipinski definition) is 2. The van der Waals surface area contributed by atoms with E-state index < -0.39 is 5.97 Å². The highest BCUT2D eigenvalue weighted by Crippen LogP contribution is 2.16. The van der Waals surface area contributed by atoms with Crippen molar-refractivity contribution in [1.82, 2.24) is 4.98 Å². The van der Waals surface area contributed by atoms with Crippen molar-refractivity contribution in [2.24, 2.45) is 0 Å². The maximum Gasteiger partial charge on any atom is 0.339 e. The topological polar surface area (TPSA) is 71.5 Å². The fourth-order valence-corrected chi connectivity index (χ4v) is 1.66. The van der Waals surface area contributed by atoms with Gasteiger partial charge < -0.3 is 15.2 Å². The van der Waals surface area contributed by atoms with Gasteiger partial charge in [0.2, 0.25) is 0 Å². The Hall–Kier alpha value is -1.62. The molecule has 5 nitrogen and oxygen atoms in total. The van der Waals surface area contributed by atoms with Gasteiger partial charge in [0.1, 0.15) is 5.56 Å². The second-order valence-electron chi connectivity index (χ2n) is 3.81. The molecule has 0 fully saturated rings. The molecule has 1 heterocycles. The number of carbonyl (C=O) groups is 1. The van der Waals surface area contributed by atoms with E-state index in [4.69, 9.17) is 9.84 Å². The number of methoxy groups -OCH3 is 1. The Labute approximate surface area is 101 Å². The Bertz CT molecular complexity index is 363. The molecule has 0 amide bonds. The molecule has 0 radical (unpaired) electrons. The van der Waals surface area contributed by atoms with E-state index in [0.717, 1.165) is 12.8 Å². The van der Waals surface area contributed by atoms with Gasteiger partial charge in [-0.15, -0.1) is 0 Å². The van der Waals surface area contributed by atoms with Gasteiger partial charge in [-0.25, -0.2) is 4.79 Å². The van der Waals surface area contributed by atoms with Crippen LogP contribution in [-0.4, -0.2) is 35.8 Å². The molecule has 0 bridgehead atoms. The Morgan fingerprint density at radius 2 is 2.41 bits per heavy atom. The lowest BCUT2D eigenvalue weighted by atomic mass is 10.1. The summed E-state index contributed by atoms with van der Waals surface area (Å²) in [5.74, 6) is -0.978. The second kappa shape index (κ2) is 6.85. The molecule has 1 atom stereocenters. The van der Waals surface area contributed by atoms with Gasteiger partial charge in [-0.3, -0.25) is 4.98 Å². The smallest absolute Gasteiger partial charge is 0.339 e. The number of aromatic nitrogens is 1. The number of nitrogens with zero attached hydrogens (tertiary/aromatic N) is 1. The van der Waals surface area contributed by atoms with E-state index >= 15 is 0 Å². The first-order chi connectivity index (χ1) is 8.19. The number of rotatable bonds is 7. The molecule has 0 saturated heterocycles. The van der Waals surface area contributed by atoms with E-state index in [2.05, 4.69) is 17.2 Å². The zero-order valence-corrected chi connectivity index (χ0v) is 10.1. The Morgan fingerprint density at radius 3 is 3.00 bits per heavy atom. The monoisotopic (exact) mass is 238 g/mol. The normalized spacial score (nSPS) is 12.1. The molecule has 0 aliphatic carbocycles. The van der Waals surface area contributed by atoms with Crippen LogP contribution < -0.4 is 5.32 Å². The van der Waals surface area contributed by atoms with E-state index in [1.165, 1.54) is 6.20 Å². The van der Waals surface area contributed by atoms with Crippen LogP contribution in [0, 0.1) is 0 Å². The molecule has 0 aliphatic rings. The molecule has 0 spiro atoms. The minimum absolute atomic E-state index is 0.116. The molecule has 2 N–H and O–H groups in total. The quantitative estimate of drug-likeness (QED) is 0.760. The van der Waals surface area contributed by atoms with Crippen LogP contribution in [-0.2, 0) is 4.74 Å². The predicted molar refractivity (Wildman–Crippen MR) is 65.4 cm³/mol. The number of nitrogens with one attached hydrogen (secondary N) is 1. The summed E-state index contributed by atoms with van der Waals surface area (Å²) in [7, 11) is 1.63. The highest BCUT2D eigenvalue weighted by atomic mass is 16.5. The van der Waals surface area contributed by atoms with E-state index in [-0.39, 0.29) is 11.6 Å². The van der Waals surface area contributed by atoms with E-state index in [1.807, 2.05) is 0 Å². The first-order valence-electron chi connectivity index (χ1n) is 5.61. The van der Waals surface area contributed by atoms with Crippen molar-refractivity contribution in [3.63, 3.8) is 0 Å². The van der Waals surface area contributed by atoms with Gasteiger partial charge in [0, 0.05) is 25.5 Å². The van der Waals surface area contributed by atoms with Crippen LogP contribution in [0.25, 0.3) is 0 Å². The summed E-state index contributed by atoms with van der Waals surface area (Å²) in [6.07, 6.45) is 4.86. The Kier molecular flexibility index (Phi) is 5.42. The van der Waals surface area contributed by atoms with Crippen LogP contribution in [0.1, 0.15) is 30.1 Å². The molecule has 1 aromatic heterocycles. The molecule has 0 saturated carbocycles. The summed E-state index contributed by atoms with van der Waals surface area (Å²) < 4.78 is 5.10. The first kappa shape index (κ1) is 13.4. The summed E-state index contributed by atoms with van der Waals surface area (Å²) >= 11 is 0. The van der Waals surface area contributed by atoms with Gasteiger partial charge in [0.05, 0.1) is 12.3 Å². The van der Waals surface area contributed by atoms with Crippen molar-refractivity contribution in [1.29, 1.82) is 0 Å². The van der Waals surface area contributed by atoms with Crippen LogP contribution in [0.3, 0.4) is 0 Å². The van der Waals surface area contributed by atoms with Gasteiger partial charge in [0.25, 0.3) is 0 Å². The second-order valence-corrected chi connectivity index (χ2v) is 3.81. The third-order valence-corrected chi connectivity index (χ3v) is 2.42. The first-order valence-corrected chi connectivity index (χ1v) is 5.61. The fourth-order valence-electron chi connectivity index (χ4n) is 1.66. The largest absolute Gasteiger partial charge is 0.478 e. The van der Waals surface area contributed by atoms with E-state index in [0.29, 0.717) is 12.3 Å². The van der Waals surface area contributed by atoms with Crippen LogP contribution in [0.2, 0.25) is 0 Å². The van der Waals surface area contributed by atoms with Crippen molar-refractivity contribution in [3.8, 4) is 0 Å². The Morgan fingerprint density at radius 1 is 1.65 bits per heavy atom. The van der Waals surface area contributed by atoms with Crippen molar-refractivity contribution in [2.75, 3.05) is 19.0 Å². The summed E-state index contributed by atoms with van der Waals surface area (Å²) in [4.78, 5) is 14.8. The van der Waals surface area contributed by atoms with Gasteiger partial charge >= 0.3 is 5.97 Å². The molecule has 17 heavy (non-hydrogen) atoms. The van der Waals surface area contributed by atoms with E-state index in [9.17, 15) is 4.79 Å². The summed E-state index contributed by atoms with van der Waals surface area (Å²) in [5, 5.41) is 12.2. The number of aromatic carboxylic acids is 1. The molecule has 5 heteroatoms. The zero-order chi connectivity index (χ0) is 12.7. The number of carboxylic acid groups (broad SMARTS) is 1. The molecule has 94 valence electrons. The summed E-state index contributed by atoms with van der Waals surface area (Å²) in [5.41, 5.74) is 0.771. The molecule has 1 rings (SSSR count). The molecular weight excluding hydrogens is 220 g/mol.